The number of hydrogen-bond donors (Lipinski definition) is 1. The molecule has 0 aliphatic carbocycles. The van der Waals surface area contributed by atoms with Crippen molar-refractivity contribution in [3.63, 3.8) is 0 Å². The topological polar surface area (TPSA) is 64.4 Å². The van der Waals surface area contributed by atoms with Gasteiger partial charge in [0.25, 0.3) is 5.91 Å². The molecule has 2 heterocycles. The van der Waals surface area contributed by atoms with Gasteiger partial charge in [-0.1, -0.05) is 35.3 Å². The van der Waals surface area contributed by atoms with Crippen LogP contribution in [0.5, 0.6) is 5.75 Å². The van der Waals surface area contributed by atoms with Gasteiger partial charge < -0.3 is 14.5 Å². The van der Waals surface area contributed by atoms with Gasteiger partial charge in [-0.25, -0.2) is 4.98 Å². The van der Waals surface area contributed by atoms with Gasteiger partial charge in [0.05, 0.1) is 9.90 Å². The first-order valence-electron chi connectivity index (χ1n) is 8.37. The molecule has 8 heteroatoms. The molecule has 2 aromatic heterocycles. The molecule has 0 fully saturated rings. The van der Waals surface area contributed by atoms with Crippen LogP contribution in [-0.2, 0) is 4.79 Å². The van der Waals surface area contributed by atoms with Gasteiger partial charge in [-0.15, -0.1) is 11.3 Å². The standard InChI is InChI=1S/C20H14Cl2N2O3S/c1-11(26-16-5-2-4-13(21)18(16)22)19(25)23-12-7-8-15-14(10-12)24-20(27-15)17-6-3-9-28-17/h2-11H,1H3,(H,23,25)/t11-/m0/s1. The minimum Gasteiger partial charge on any atom is -0.479 e. The predicted molar refractivity (Wildman–Crippen MR) is 113 cm³/mol. The third kappa shape index (κ3) is 3.85. The molecule has 1 N–H and O–H groups in total. The van der Waals surface area contributed by atoms with Crippen molar-refractivity contribution in [3.8, 4) is 16.5 Å². The van der Waals surface area contributed by atoms with E-state index in [1.165, 1.54) is 0 Å². The van der Waals surface area contributed by atoms with Crippen molar-refractivity contribution in [2.45, 2.75) is 13.0 Å². The number of fused-ring (bicyclic) bond motifs is 1. The molecule has 1 amide bonds. The van der Waals surface area contributed by atoms with Crippen LogP contribution in [0.25, 0.3) is 21.9 Å². The number of amides is 1. The summed E-state index contributed by atoms with van der Waals surface area (Å²) in [6, 6.07) is 14.2. The number of carbonyl (C=O) groups is 1. The number of anilines is 1. The fourth-order valence-corrected chi connectivity index (χ4v) is 3.56. The summed E-state index contributed by atoms with van der Waals surface area (Å²) in [5.41, 5.74) is 1.90. The maximum absolute atomic E-state index is 12.5. The highest BCUT2D eigenvalue weighted by atomic mass is 35.5. The molecule has 28 heavy (non-hydrogen) atoms. The molecule has 0 radical (unpaired) electrons. The lowest BCUT2D eigenvalue weighted by molar-refractivity contribution is -0.122. The minimum atomic E-state index is -0.773. The number of halogens is 2. The van der Waals surface area contributed by atoms with E-state index in [0.29, 0.717) is 33.4 Å². The van der Waals surface area contributed by atoms with Crippen LogP contribution in [0.4, 0.5) is 5.69 Å². The van der Waals surface area contributed by atoms with Crippen LogP contribution in [0.3, 0.4) is 0 Å². The fraction of sp³-hybridized carbons (Fsp3) is 0.100. The van der Waals surface area contributed by atoms with Crippen molar-refractivity contribution in [3.05, 3.63) is 64.0 Å². The number of nitrogens with one attached hydrogen (secondary N) is 1. The van der Waals surface area contributed by atoms with Crippen LogP contribution in [0.1, 0.15) is 6.92 Å². The molecule has 0 aliphatic rings. The van der Waals surface area contributed by atoms with Gasteiger partial charge >= 0.3 is 0 Å². The minimum absolute atomic E-state index is 0.272. The quantitative estimate of drug-likeness (QED) is 0.403. The molecule has 5 nitrogen and oxygen atoms in total. The molecular weight excluding hydrogens is 419 g/mol. The number of benzene rings is 2. The highest BCUT2D eigenvalue weighted by Gasteiger charge is 2.18. The summed E-state index contributed by atoms with van der Waals surface area (Å²) in [5.74, 6) is 0.586. The van der Waals surface area contributed by atoms with Gasteiger partial charge in [-0.2, -0.15) is 0 Å². The first-order chi connectivity index (χ1) is 13.5. The van der Waals surface area contributed by atoms with E-state index in [0.717, 1.165) is 4.88 Å². The molecule has 142 valence electrons. The Bertz CT molecular complexity index is 1140. The number of hydrogen-bond acceptors (Lipinski definition) is 5. The van der Waals surface area contributed by atoms with Crippen LogP contribution >= 0.6 is 34.5 Å². The smallest absolute Gasteiger partial charge is 0.265 e. The summed E-state index contributed by atoms with van der Waals surface area (Å²) < 4.78 is 11.4. The molecule has 4 rings (SSSR count). The van der Waals surface area contributed by atoms with E-state index in [2.05, 4.69) is 10.3 Å². The second kappa shape index (κ2) is 7.83. The lowest BCUT2D eigenvalue weighted by atomic mass is 10.2. The van der Waals surface area contributed by atoms with Crippen molar-refractivity contribution < 1.29 is 13.9 Å². The van der Waals surface area contributed by atoms with Crippen LogP contribution < -0.4 is 10.1 Å². The Morgan fingerprint density at radius 3 is 2.86 bits per heavy atom. The number of rotatable bonds is 5. The second-order valence-electron chi connectivity index (χ2n) is 5.98. The summed E-state index contributed by atoms with van der Waals surface area (Å²) in [6.07, 6.45) is -0.773. The highest BCUT2D eigenvalue weighted by Crippen LogP contribution is 2.32. The van der Waals surface area contributed by atoms with Gasteiger partial charge in [0, 0.05) is 5.69 Å². The summed E-state index contributed by atoms with van der Waals surface area (Å²) >= 11 is 13.6. The lowest BCUT2D eigenvalue weighted by Gasteiger charge is -2.16. The first kappa shape index (κ1) is 18.8. The number of oxazole rings is 1. The summed E-state index contributed by atoms with van der Waals surface area (Å²) in [4.78, 5) is 17.9. The summed E-state index contributed by atoms with van der Waals surface area (Å²) in [7, 11) is 0. The van der Waals surface area contributed by atoms with E-state index in [9.17, 15) is 4.79 Å². The van der Waals surface area contributed by atoms with Gasteiger partial charge in [0.1, 0.15) is 16.3 Å². The number of carbonyl (C=O) groups excluding carboxylic acids is 1. The van der Waals surface area contributed by atoms with Crippen molar-refractivity contribution in [2.24, 2.45) is 0 Å². The Morgan fingerprint density at radius 1 is 1.21 bits per heavy atom. The monoisotopic (exact) mass is 432 g/mol. The van der Waals surface area contributed by atoms with E-state index in [1.54, 1.807) is 54.7 Å². The zero-order chi connectivity index (χ0) is 19.7. The Hall–Kier alpha value is -2.54. The molecule has 1 atom stereocenters. The normalized spacial score (nSPS) is 12.1. The summed E-state index contributed by atoms with van der Waals surface area (Å²) in [5, 5.41) is 5.41. The average molecular weight is 433 g/mol. The fourth-order valence-electron chi connectivity index (χ4n) is 2.57. The Kier molecular flexibility index (Phi) is 5.26. The van der Waals surface area contributed by atoms with Crippen LogP contribution in [0, 0.1) is 0 Å². The molecule has 4 aromatic rings. The molecular formula is C20H14Cl2N2O3S. The lowest BCUT2D eigenvalue weighted by Crippen LogP contribution is -2.30. The number of ether oxygens (including phenoxy) is 1. The van der Waals surface area contributed by atoms with Gasteiger partial charge in [-0.3, -0.25) is 4.79 Å². The average Bonchev–Trinajstić information content (AvgIpc) is 3.34. The number of aromatic nitrogens is 1. The predicted octanol–water partition coefficient (Wildman–Crippen LogP) is 6.27. The molecule has 2 aromatic carbocycles. The van der Waals surface area contributed by atoms with E-state index in [1.807, 2.05) is 17.5 Å². The van der Waals surface area contributed by atoms with Crippen LogP contribution in [0.15, 0.2) is 58.3 Å². The van der Waals surface area contributed by atoms with Gasteiger partial charge in [0.15, 0.2) is 11.7 Å². The maximum atomic E-state index is 12.5. The van der Waals surface area contributed by atoms with Crippen molar-refractivity contribution in [2.75, 3.05) is 5.32 Å². The third-order valence-electron chi connectivity index (χ3n) is 3.98. The molecule has 0 spiro atoms. The van der Waals surface area contributed by atoms with E-state index < -0.39 is 6.10 Å². The molecule has 0 saturated heterocycles. The Morgan fingerprint density at radius 2 is 2.07 bits per heavy atom. The van der Waals surface area contributed by atoms with E-state index >= 15 is 0 Å². The molecule has 0 aliphatic heterocycles. The number of thiophene rings is 1. The second-order valence-corrected chi connectivity index (χ2v) is 7.71. The third-order valence-corrected chi connectivity index (χ3v) is 5.64. The Balaban J connectivity index is 1.49. The highest BCUT2D eigenvalue weighted by molar-refractivity contribution is 7.13. The molecule has 0 bridgehead atoms. The first-order valence-corrected chi connectivity index (χ1v) is 10.0. The Labute approximate surface area is 174 Å². The van der Waals surface area contributed by atoms with Crippen molar-refractivity contribution in [1.29, 1.82) is 0 Å². The SMILES string of the molecule is C[C@H](Oc1cccc(Cl)c1Cl)C(=O)Nc1ccc2oc(-c3cccs3)nc2c1. The van der Waals surface area contributed by atoms with Crippen molar-refractivity contribution >= 4 is 57.2 Å². The van der Waals surface area contributed by atoms with E-state index in [4.69, 9.17) is 32.4 Å². The largest absolute Gasteiger partial charge is 0.479 e. The summed E-state index contributed by atoms with van der Waals surface area (Å²) in [6.45, 7) is 1.64. The van der Waals surface area contributed by atoms with E-state index in [-0.39, 0.29) is 10.9 Å². The maximum Gasteiger partial charge on any atom is 0.265 e. The van der Waals surface area contributed by atoms with Gasteiger partial charge in [0.2, 0.25) is 5.89 Å². The van der Waals surface area contributed by atoms with Crippen LogP contribution in [-0.4, -0.2) is 17.0 Å². The molecule has 0 unspecified atom stereocenters. The number of nitrogens with zero attached hydrogens (tertiary/aromatic N) is 1. The zero-order valence-electron chi connectivity index (χ0n) is 14.6. The van der Waals surface area contributed by atoms with Crippen LogP contribution in [0.2, 0.25) is 10.0 Å². The molecule has 0 saturated carbocycles. The van der Waals surface area contributed by atoms with Crippen molar-refractivity contribution in [1.82, 2.24) is 4.98 Å². The van der Waals surface area contributed by atoms with Gasteiger partial charge in [-0.05, 0) is 48.7 Å². The zero-order valence-corrected chi connectivity index (χ0v) is 16.9.